The van der Waals surface area contributed by atoms with E-state index in [9.17, 15) is 14.7 Å². The van der Waals surface area contributed by atoms with E-state index in [0.717, 1.165) is 19.3 Å². The summed E-state index contributed by atoms with van der Waals surface area (Å²) < 4.78 is 16.3. The van der Waals surface area contributed by atoms with Gasteiger partial charge in [0.1, 0.15) is 0 Å². The zero-order chi connectivity index (χ0) is 19.7. The molecule has 0 aromatic rings. The normalized spacial score (nSPS) is 33.8. The van der Waals surface area contributed by atoms with Crippen LogP contribution in [0.2, 0.25) is 0 Å². The number of carbonyl (C=O) groups excluding carboxylic acids is 2. The molecule has 1 N–H and O–H groups in total. The van der Waals surface area contributed by atoms with E-state index in [0.29, 0.717) is 18.6 Å². The predicted octanol–water partition coefficient (Wildman–Crippen LogP) is 2.55. The molecule has 0 spiro atoms. The highest BCUT2D eigenvalue weighted by atomic mass is 16.7. The topological polar surface area (TPSA) is 82.1 Å². The number of methoxy groups -OCH3 is 1. The van der Waals surface area contributed by atoms with Gasteiger partial charge < -0.3 is 19.3 Å². The van der Waals surface area contributed by atoms with Crippen molar-refractivity contribution in [3.05, 3.63) is 23.8 Å². The van der Waals surface area contributed by atoms with Crippen LogP contribution in [-0.4, -0.2) is 49.6 Å². The third kappa shape index (κ3) is 3.62. The number of carbonyl (C=O) groups is 2. The number of esters is 1. The van der Waals surface area contributed by atoms with Crippen LogP contribution in [-0.2, 0) is 23.8 Å². The maximum Gasteiger partial charge on any atom is 0.316 e. The van der Waals surface area contributed by atoms with Crippen LogP contribution < -0.4 is 0 Å². The molecule has 0 aromatic heterocycles. The van der Waals surface area contributed by atoms with Crippen LogP contribution in [0.15, 0.2) is 23.8 Å². The molecule has 6 heteroatoms. The first kappa shape index (κ1) is 20.2. The fraction of sp³-hybridized carbons (Fsp3) is 0.714. The molecule has 4 atom stereocenters. The molecular weight excluding hydrogens is 348 g/mol. The quantitative estimate of drug-likeness (QED) is 0.741. The average Bonchev–Trinajstić information content (AvgIpc) is 2.65. The van der Waals surface area contributed by atoms with E-state index in [1.54, 1.807) is 0 Å². The summed E-state index contributed by atoms with van der Waals surface area (Å²) >= 11 is 0. The smallest absolute Gasteiger partial charge is 0.316 e. The van der Waals surface area contributed by atoms with Crippen LogP contribution in [0, 0.1) is 16.7 Å². The molecule has 0 aromatic carbocycles. The number of hydrogen-bond donors (Lipinski definition) is 1. The highest BCUT2D eigenvalue weighted by molar-refractivity contribution is 5.98. The number of aliphatic hydroxyl groups is 1. The third-order valence-corrected chi connectivity index (χ3v) is 6.35. The highest BCUT2D eigenvalue weighted by Gasteiger charge is 2.58. The molecule has 150 valence electrons. The van der Waals surface area contributed by atoms with E-state index in [-0.39, 0.29) is 31.1 Å². The van der Waals surface area contributed by atoms with Crippen molar-refractivity contribution in [1.82, 2.24) is 0 Å². The van der Waals surface area contributed by atoms with E-state index < -0.39 is 22.9 Å². The second kappa shape index (κ2) is 7.86. The Labute approximate surface area is 160 Å². The number of ketones is 1. The Hall–Kier alpha value is -1.50. The number of fused-ring (bicyclic) bond motifs is 1. The minimum Gasteiger partial charge on any atom is -0.468 e. The predicted molar refractivity (Wildman–Crippen MR) is 98.7 cm³/mol. The fourth-order valence-electron chi connectivity index (χ4n) is 4.59. The molecule has 0 radical (unpaired) electrons. The van der Waals surface area contributed by atoms with Gasteiger partial charge in [-0.1, -0.05) is 26.0 Å². The van der Waals surface area contributed by atoms with Crippen LogP contribution >= 0.6 is 0 Å². The number of aliphatic hydroxyl groups excluding tert-OH is 1. The van der Waals surface area contributed by atoms with Gasteiger partial charge in [-0.25, -0.2) is 0 Å². The number of ether oxygens (including phenoxy) is 3. The van der Waals surface area contributed by atoms with Gasteiger partial charge in [0, 0.05) is 6.61 Å². The van der Waals surface area contributed by atoms with Gasteiger partial charge in [0.2, 0.25) is 0 Å². The molecule has 1 fully saturated rings. The Morgan fingerprint density at radius 3 is 2.85 bits per heavy atom. The molecule has 0 amide bonds. The lowest BCUT2D eigenvalue weighted by molar-refractivity contribution is -0.183. The van der Waals surface area contributed by atoms with E-state index in [1.165, 1.54) is 13.2 Å². The largest absolute Gasteiger partial charge is 0.468 e. The van der Waals surface area contributed by atoms with Gasteiger partial charge in [-0.05, 0) is 49.2 Å². The first-order valence-electron chi connectivity index (χ1n) is 9.74. The molecular formula is C21H30O6. The summed E-state index contributed by atoms with van der Waals surface area (Å²) in [5, 5.41) is 10.7. The lowest BCUT2D eigenvalue weighted by atomic mass is 9.52. The van der Waals surface area contributed by atoms with Crippen molar-refractivity contribution in [2.24, 2.45) is 16.7 Å². The molecule has 6 nitrogen and oxygen atoms in total. The van der Waals surface area contributed by atoms with E-state index >= 15 is 0 Å². The minimum atomic E-state index is -0.996. The monoisotopic (exact) mass is 378 g/mol. The van der Waals surface area contributed by atoms with Crippen molar-refractivity contribution in [2.45, 2.75) is 58.3 Å². The maximum atomic E-state index is 12.9. The molecule has 4 unspecified atom stereocenters. The first-order valence-corrected chi connectivity index (χ1v) is 9.74. The molecule has 0 saturated carbocycles. The lowest BCUT2D eigenvalue weighted by Crippen LogP contribution is -2.53. The minimum absolute atomic E-state index is 0.0117. The Bertz CT molecular complexity index is 643. The Morgan fingerprint density at radius 2 is 2.19 bits per heavy atom. The highest BCUT2D eigenvalue weighted by Crippen LogP contribution is 2.57. The molecule has 1 heterocycles. The number of allylic oxidation sites excluding steroid dienone is 3. The molecule has 0 bridgehead atoms. The van der Waals surface area contributed by atoms with Gasteiger partial charge in [-0.15, -0.1) is 0 Å². The van der Waals surface area contributed by atoms with Gasteiger partial charge in [0.15, 0.2) is 12.1 Å². The fourth-order valence-corrected chi connectivity index (χ4v) is 4.59. The van der Waals surface area contributed by atoms with Crippen LogP contribution in [0.5, 0.6) is 0 Å². The van der Waals surface area contributed by atoms with Gasteiger partial charge in [0.25, 0.3) is 0 Å². The van der Waals surface area contributed by atoms with Crippen molar-refractivity contribution in [2.75, 3.05) is 20.3 Å². The number of rotatable bonds is 5. The Balaban J connectivity index is 1.81. The van der Waals surface area contributed by atoms with E-state index in [2.05, 4.69) is 0 Å². The first-order chi connectivity index (χ1) is 12.8. The second-order valence-electron chi connectivity index (χ2n) is 8.40. The molecule has 3 aliphatic rings. The van der Waals surface area contributed by atoms with Gasteiger partial charge in [-0.3, -0.25) is 9.59 Å². The Kier molecular flexibility index (Phi) is 5.89. The zero-order valence-electron chi connectivity index (χ0n) is 16.4. The summed E-state index contributed by atoms with van der Waals surface area (Å²) in [7, 11) is 1.37. The van der Waals surface area contributed by atoms with Crippen molar-refractivity contribution < 1.29 is 28.9 Å². The summed E-state index contributed by atoms with van der Waals surface area (Å²) in [5.41, 5.74) is -0.694. The maximum absolute atomic E-state index is 12.9. The van der Waals surface area contributed by atoms with Crippen molar-refractivity contribution >= 4 is 11.8 Å². The Morgan fingerprint density at radius 1 is 1.41 bits per heavy atom. The molecule has 2 aliphatic carbocycles. The lowest BCUT2D eigenvalue weighted by Gasteiger charge is -2.50. The van der Waals surface area contributed by atoms with E-state index in [1.807, 2.05) is 26.0 Å². The van der Waals surface area contributed by atoms with Crippen LogP contribution in [0.1, 0.15) is 46.0 Å². The van der Waals surface area contributed by atoms with E-state index in [4.69, 9.17) is 14.2 Å². The van der Waals surface area contributed by atoms with Crippen molar-refractivity contribution in [3.8, 4) is 0 Å². The summed E-state index contributed by atoms with van der Waals surface area (Å²) in [6, 6.07) is 0. The van der Waals surface area contributed by atoms with Crippen LogP contribution in [0.3, 0.4) is 0 Å². The number of hydrogen-bond acceptors (Lipinski definition) is 6. The SMILES string of the molecule is COC(=O)C12CC(C(O)COC3CCCCO3)C(=O)C=C1C=CCC2(C)C. The molecule has 1 saturated heterocycles. The third-order valence-electron chi connectivity index (χ3n) is 6.35. The summed E-state index contributed by atoms with van der Waals surface area (Å²) in [6.45, 7) is 4.68. The summed E-state index contributed by atoms with van der Waals surface area (Å²) in [4.78, 5) is 25.6. The molecule has 1 aliphatic heterocycles. The van der Waals surface area contributed by atoms with Crippen molar-refractivity contribution in [1.29, 1.82) is 0 Å². The van der Waals surface area contributed by atoms with Crippen LogP contribution in [0.25, 0.3) is 0 Å². The van der Waals surface area contributed by atoms with Gasteiger partial charge >= 0.3 is 5.97 Å². The molecule has 3 rings (SSSR count). The molecule has 27 heavy (non-hydrogen) atoms. The summed E-state index contributed by atoms with van der Waals surface area (Å²) in [5.74, 6) is -1.24. The van der Waals surface area contributed by atoms with Crippen molar-refractivity contribution in [3.63, 3.8) is 0 Å². The average molecular weight is 378 g/mol. The van der Waals surface area contributed by atoms with Crippen LogP contribution in [0.4, 0.5) is 0 Å². The zero-order valence-corrected chi connectivity index (χ0v) is 16.4. The van der Waals surface area contributed by atoms with Gasteiger partial charge in [-0.2, -0.15) is 0 Å². The second-order valence-corrected chi connectivity index (χ2v) is 8.40. The summed E-state index contributed by atoms with van der Waals surface area (Å²) in [6.07, 6.45) is 7.76. The standard InChI is InChI=1S/C21H30O6/c1-20(2)9-6-7-14-11-16(22)15(12-21(14,20)19(24)25-3)17(23)13-27-18-8-4-5-10-26-18/h6-7,11,15,17-18,23H,4-5,8-10,12-13H2,1-3H3. The van der Waals surface area contributed by atoms with Gasteiger partial charge in [0.05, 0.1) is 31.2 Å².